The molecular formula is C13H22N4. The van der Waals surface area contributed by atoms with Crippen LogP contribution in [0.3, 0.4) is 0 Å². The second-order valence-corrected chi connectivity index (χ2v) is 4.69. The van der Waals surface area contributed by atoms with Crippen molar-refractivity contribution in [3.63, 3.8) is 0 Å². The summed E-state index contributed by atoms with van der Waals surface area (Å²) < 4.78 is 0. The molecule has 94 valence electrons. The molecule has 1 aliphatic heterocycles. The van der Waals surface area contributed by atoms with Gasteiger partial charge in [-0.1, -0.05) is 6.92 Å². The molecule has 1 aliphatic rings. The van der Waals surface area contributed by atoms with Crippen molar-refractivity contribution in [2.45, 2.75) is 38.8 Å². The maximum Gasteiger partial charge on any atom is 0.0755 e. The van der Waals surface area contributed by atoms with Gasteiger partial charge in [0.15, 0.2) is 0 Å². The third kappa shape index (κ3) is 3.01. The summed E-state index contributed by atoms with van der Waals surface area (Å²) in [5.41, 5.74) is 1.08. The van der Waals surface area contributed by atoms with E-state index in [1.807, 2.05) is 6.20 Å². The first-order valence-electron chi connectivity index (χ1n) is 6.55. The van der Waals surface area contributed by atoms with Gasteiger partial charge in [-0.05, 0) is 32.9 Å². The van der Waals surface area contributed by atoms with E-state index in [1.165, 1.54) is 12.8 Å². The van der Waals surface area contributed by atoms with E-state index in [0.717, 1.165) is 25.3 Å². The molecule has 1 N–H and O–H groups in total. The van der Waals surface area contributed by atoms with Gasteiger partial charge in [0.2, 0.25) is 0 Å². The van der Waals surface area contributed by atoms with Gasteiger partial charge in [0.25, 0.3) is 0 Å². The number of hydrogen-bond donors (Lipinski definition) is 1. The molecule has 1 fully saturated rings. The zero-order valence-electron chi connectivity index (χ0n) is 10.8. The van der Waals surface area contributed by atoms with E-state index >= 15 is 0 Å². The van der Waals surface area contributed by atoms with E-state index in [0.29, 0.717) is 12.1 Å². The van der Waals surface area contributed by atoms with Gasteiger partial charge in [0, 0.05) is 31.2 Å². The summed E-state index contributed by atoms with van der Waals surface area (Å²) in [5, 5.41) is 3.44. The highest BCUT2D eigenvalue weighted by atomic mass is 15.2. The molecule has 1 aromatic rings. The van der Waals surface area contributed by atoms with E-state index in [4.69, 9.17) is 0 Å². The van der Waals surface area contributed by atoms with Crippen LogP contribution in [0.4, 0.5) is 0 Å². The maximum atomic E-state index is 4.43. The van der Waals surface area contributed by atoms with Gasteiger partial charge in [-0.15, -0.1) is 0 Å². The maximum absolute atomic E-state index is 4.43. The molecule has 0 radical (unpaired) electrons. The standard InChI is InChI=1S/C13H22N4/c1-3-8-17(12-4-5-14-9-12)11(2)13-10-15-6-7-16-13/h6-7,10-12,14H,3-5,8-9H2,1-2H3. The van der Waals surface area contributed by atoms with Crippen molar-refractivity contribution in [2.24, 2.45) is 0 Å². The largest absolute Gasteiger partial charge is 0.315 e. The van der Waals surface area contributed by atoms with Crippen LogP contribution < -0.4 is 5.32 Å². The summed E-state index contributed by atoms with van der Waals surface area (Å²) >= 11 is 0. The van der Waals surface area contributed by atoms with E-state index in [1.54, 1.807) is 12.4 Å². The number of nitrogens with zero attached hydrogens (tertiary/aromatic N) is 3. The topological polar surface area (TPSA) is 41.0 Å². The number of nitrogens with one attached hydrogen (secondary N) is 1. The molecule has 0 aromatic carbocycles. The van der Waals surface area contributed by atoms with Gasteiger partial charge in [0.05, 0.1) is 11.7 Å². The molecule has 0 bridgehead atoms. The SMILES string of the molecule is CCCN(C1CCNC1)C(C)c1cnccn1. The highest BCUT2D eigenvalue weighted by Gasteiger charge is 2.26. The molecule has 0 spiro atoms. The molecule has 2 atom stereocenters. The van der Waals surface area contributed by atoms with Crippen LogP contribution in [0.25, 0.3) is 0 Å². The minimum Gasteiger partial charge on any atom is -0.315 e. The second-order valence-electron chi connectivity index (χ2n) is 4.69. The third-order valence-corrected chi connectivity index (χ3v) is 3.49. The molecule has 2 unspecified atom stereocenters. The summed E-state index contributed by atoms with van der Waals surface area (Å²) in [6, 6.07) is 1.00. The van der Waals surface area contributed by atoms with Gasteiger partial charge in [-0.25, -0.2) is 0 Å². The fourth-order valence-corrected chi connectivity index (χ4v) is 2.57. The molecule has 2 rings (SSSR count). The summed E-state index contributed by atoms with van der Waals surface area (Å²) in [6.07, 6.45) is 7.82. The Morgan fingerprint density at radius 3 is 3.00 bits per heavy atom. The second kappa shape index (κ2) is 6.07. The van der Waals surface area contributed by atoms with Gasteiger partial charge in [-0.3, -0.25) is 14.9 Å². The van der Waals surface area contributed by atoms with Crippen LogP contribution in [0.15, 0.2) is 18.6 Å². The first-order chi connectivity index (χ1) is 8.33. The Bertz CT molecular complexity index is 321. The molecule has 1 saturated heterocycles. The van der Waals surface area contributed by atoms with Crippen LogP contribution in [-0.4, -0.2) is 40.5 Å². The Morgan fingerprint density at radius 1 is 1.53 bits per heavy atom. The summed E-state index contributed by atoms with van der Waals surface area (Å²) in [4.78, 5) is 11.2. The molecule has 2 heterocycles. The minimum atomic E-state index is 0.355. The zero-order valence-corrected chi connectivity index (χ0v) is 10.8. The summed E-state index contributed by atoms with van der Waals surface area (Å²) in [5.74, 6) is 0. The monoisotopic (exact) mass is 234 g/mol. The van der Waals surface area contributed by atoms with Crippen LogP contribution in [0, 0.1) is 0 Å². The van der Waals surface area contributed by atoms with E-state index < -0.39 is 0 Å². The fourth-order valence-electron chi connectivity index (χ4n) is 2.57. The zero-order chi connectivity index (χ0) is 12.1. The van der Waals surface area contributed by atoms with Crippen molar-refractivity contribution in [1.82, 2.24) is 20.2 Å². The normalized spacial score (nSPS) is 21.9. The fraction of sp³-hybridized carbons (Fsp3) is 0.692. The lowest BCUT2D eigenvalue weighted by molar-refractivity contribution is 0.150. The van der Waals surface area contributed by atoms with Gasteiger partial charge in [0.1, 0.15) is 0 Å². The lowest BCUT2D eigenvalue weighted by atomic mass is 10.1. The van der Waals surface area contributed by atoms with E-state index in [-0.39, 0.29) is 0 Å². The Balaban J connectivity index is 2.09. The van der Waals surface area contributed by atoms with Gasteiger partial charge < -0.3 is 5.32 Å². The van der Waals surface area contributed by atoms with Crippen molar-refractivity contribution in [1.29, 1.82) is 0 Å². The van der Waals surface area contributed by atoms with Crippen LogP contribution in [0.1, 0.15) is 38.4 Å². The molecule has 0 amide bonds. The predicted octanol–water partition coefficient (Wildman–Crippen LogP) is 1.61. The quantitative estimate of drug-likeness (QED) is 0.840. The van der Waals surface area contributed by atoms with Crippen LogP contribution in [0.5, 0.6) is 0 Å². The average Bonchev–Trinajstić information content (AvgIpc) is 2.90. The van der Waals surface area contributed by atoms with Crippen LogP contribution in [0.2, 0.25) is 0 Å². The van der Waals surface area contributed by atoms with Crippen LogP contribution >= 0.6 is 0 Å². The predicted molar refractivity (Wildman–Crippen MR) is 68.7 cm³/mol. The average molecular weight is 234 g/mol. The van der Waals surface area contributed by atoms with Crippen molar-refractivity contribution < 1.29 is 0 Å². The highest BCUT2D eigenvalue weighted by molar-refractivity contribution is 5.02. The van der Waals surface area contributed by atoms with E-state index in [2.05, 4.69) is 34.0 Å². The van der Waals surface area contributed by atoms with E-state index in [9.17, 15) is 0 Å². The molecule has 17 heavy (non-hydrogen) atoms. The van der Waals surface area contributed by atoms with Crippen molar-refractivity contribution in [3.05, 3.63) is 24.3 Å². The number of hydrogen-bond acceptors (Lipinski definition) is 4. The summed E-state index contributed by atoms with van der Waals surface area (Å²) in [7, 11) is 0. The molecular weight excluding hydrogens is 212 g/mol. The molecule has 0 aliphatic carbocycles. The van der Waals surface area contributed by atoms with Crippen molar-refractivity contribution in [3.8, 4) is 0 Å². The molecule has 4 nitrogen and oxygen atoms in total. The lowest BCUT2D eigenvalue weighted by Gasteiger charge is -2.33. The van der Waals surface area contributed by atoms with Crippen molar-refractivity contribution in [2.75, 3.05) is 19.6 Å². The highest BCUT2D eigenvalue weighted by Crippen LogP contribution is 2.23. The molecule has 4 heteroatoms. The third-order valence-electron chi connectivity index (χ3n) is 3.49. The minimum absolute atomic E-state index is 0.355. The Hall–Kier alpha value is -1.00. The Kier molecular flexibility index (Phi) is 4.45. The van der Waals surface area contributed by atoms with Crippen molar-refractivity contribution >= 4 is 0 Å². The number of rotatable bonds is 5. The van der Waals surface area contributed by atoms with Gasteiger partial charge in [-0.2, -0.15) is 0 Å². The lowest BCUT2D eigenvalue weighted by Crippen LogP contribution is -2.39. The number of aromatic nitrogens is 2. The molecule has 1 aromatic heterocycles. The first-order valence-corrected chi connectivity index (χ1v) is 6.55. The summed E-state index contributed by atoms with van der Waals surface area (Å²) in [6.45, 7) is 7.84. The first kappa shape index (κ1) is 12.5. The van der Waals surface area contributed by atoms with Gasteiger partial charge >= 0.3 is 0 Å². The molecule has 0 saturated carbocycles. The smallest absolute Gasteiger partial charge is 0.0755 e. The Morgan fingerprint density at radius 2 is 2.41 bits per heavy atom. The Labute approximate surface area is 103 Å². The van der Waals surface area contributed by atoms with Crippen LogP contribution in [-0.2, 0) is 0 Å².